The molecule has 0 radical (unpaired) electrons. The van der Waals surface area contributed by atoms with Crippen molar-refractivity contribution in [1.82, 2.24) is 0 Å². The molecular formula is C21H15NO3S. The number of anilines is 1. The molecule has 1 aliphatic heterocycles. The molecule has 0 N–H and O–H groups in total. The van der Waals surface area contributed by atoms with Gasteiger partial charge in [-0.1, -0.05) is 30.3 Å². The van der Waals surface area contributed by atoms with Gasteiger partial charge in [-0.3, -0.25) is 4.79 Å². The summed E-state index contributed by atoms with van der Waals surface area (Å²) in [6, 6.07) is 17.1. The molecule has 4 nitrogen and oxygen atoms in total. The van der Waals surface area contributed by atoms with E-state index in [-0.39, 0.29) is 5.91 Å². The Morgan fingerprint density at radius 2 is 1.85 bits per heavy atom. The summed E-state index contributed by atoms with van der Waals surface area (Å²) in [4.78, 5) is 27.9. The molecule has 3 heterocycles. The zero-order valence-electron chi connectivity index (χ0n) is 13.9. The Kier molecular flexibility index (Phi) is 3.43. The van der Waals surface area contributed by atoms with Crippen molar-refractivity contribution in [2.75, 3.05) is 11.4 Å². The minimum absolute atomic E-state index is 0.0539. The summed E-state index contributed by atoms with van der Waals surface area (Å²) in [5.74, 6) is -0.0539. The molecular weight excluding hydrogens is 346 g/mol. The maximum absolute atomic E-state index is 13.2. The summed E-state index contributed by atoms with van der Waals surface area (Å²) in [6.07, 6.45) is 1.93. The first-order chi connectivity index (χ1) is 12.7. The summed E-state index contributed by atoms with van der Waals surface area (Å²) >= 11 is 1.37. The maximum atomic E-state index is 13.2. The molecule has 0 aliphatic carbocycles. The molecule has 0 unspecified atom stereocenters. The third kappa shape index (κ3) is 2.28. The van der Waals surface area contributed by atoms with E-state index in [4.69, 9.17) is 4.42 Å². The van der Waals surface area contributed by atoms with E-state index in [1.165, 1.54) is 16.9 Å². The van der Waals surface area contributed by atoms with Gasteiger partial charge in [-0.2, -0.15) is 0 Å². The van der Waals surface area contributed by atoms with Crippen LogP contribution >= 0.6 is 11.3 Å². The van der Waals surface area contributed by atoms with E-state index in [1.54, 1.807) is 12.1 Å². The summed E-state index contributed by atoms with van der Waals surface area (Å²) in [5.41, 5.74) is 2.32. The molecule has 5 rings (SSSR count). The molecule has 0 fully saturated rings. The van der Waals surface area contributed by atoms with Crippen LogP contribution in [-0.4, -0.2) is 12.5 Å². The summed E-state index contributed by atoms with van der Waals surface area (Å²) in [6.45, 7) is 0.694. The van der Waals surface area contributed by atoms with E-state index in [1.807, 2.05) is 41.3 Å². The Labute approximate surface area is 153 Å². The van der Waals surface area contributed by atoms with Crippen LogP contribution in [0.5, 0.6) is 0 Å². The molecule has 0 atom stereocenters. The number of fused-ring (bicyclic) bond motifs is 4. The van der Waals surface area contributed by atoms with Crippen molar-refractivity contribution in [3.05, 3.63) is 75.5 Å². The van der Waals surface area contributed by atoms with Crippen LogP contribution in [0.2, 0.25) is 0 Å². The number of carbonyl (C=O) groups excluding carboxylic acids is 1. The van der Waals surface area contributed by atoms with Gasteiger partial charge in [0.05, 0.1) is 15.0 Å². The van der Waals surface area contributed by atoms with E-state index in [0.717, 1.165) is 28.6 Å². The predicted molar refractivity (Wildman–Crippen MR) is 104 cm³/mol. The first-order valence-electron chi connectivity index (χ1n) is 8.57. The largest absolute Gasteiger partial charge is 0.422 e. The van der Waals surface area contributed by atoms with Crippen molar-refractivity contribution >= 4 is 44.0 Å². The molecule has 1 aliphatic rings. The second kappa shape index (κ2) is 5.81. The molecule has 0 saturated heterocycles. The van der Waals surface area contributed by atoms with Crippen LogP contribution in [-0.2, 0) is 6.42 Å². The molecule has 5 heteroatoms. The van der Waals surface area contributed by atoms with Crippen molar-refractivity contribution in [2.45, 2.75) is 12.8 Å². The number of hydrogen-bond acceptors (Lipinski definition) is 4. The number of hydrogen-bond donors (Lipinski definition) is 0. The van der Waals surface area contributed by atoms with E-state index >= 15 is 0 Å². The monoisotopic (exact) mass is 361 g/mol. The molecule has 0 saturated carbocycles. The van der Waals surface area contributed by atoms with Gasteiger partial charge < -0.3 is 9.32 Å². The number of aryl methyl sites for hydroxylation is 1. The van der Waals surface area contributed by atoms with Gasteiger partial charge >= 0.3 is 5.63 Å². The number of thiophene rings is 1. The van der Waals surface area contributed by atoms with Crippen LogP contribution in [0.4, 0.5) is 5.69 Å². The second-order valence-corrected chi connectivity index (χ2v) is 7.48. The standard InChI is InChI=1S/C21H15NO3S/c23-20(22-11-5-7-13-6-1-3-9-16(13)22)18-12-15-19(26-18)14-8-2-4-10-17(14)25-21(15)24/h1-4,6,8-10,12H,5,7,11H2. The fourth-order valence-electron chi connectivity index (χ4n) is 3.62. The van der Waals surface area contributed by atoms with Gasteiger partial charge in [-0.15, -0.1) is 11.3 Å². The van der Waals surface area contributed by atoms with Crippen LogP contribution in [0.15, 0.2) is 63.8 Å². The molecule has 2 aromatic heterocycles. The minimum atomic E-state index is -0.395. The Bertz CT molecular complexity index is 1220. The van der Waals surface area contributed by atoms with Crippen molar-refractivity contribution in [3.63, 3.8) is 0 Å². The third-order valence-electron chi connectivity index (χ3n) is 4.85. The molecule has 0 bridgehead atoms. The summed E-state index contributed by atoms with van der Waals surface area (Å²) < 4.78 is 6.21. The minimum Gasteiger partial charge on any atom is -0.422 e. The van der Waals surface area contributed by atoms with Crippen LogP contribution < -0.4 is 10.5 Å². The number of benzene rings is 2. The first kappa shape index (κ1) is 15.3. The Hall–Kier alpha value is -2.92. The lowest BCUT2D eigenvalue weighted by atomic mass is 10.0. The lowest BCUT2D eigenvalue weighted by molar-refractivity contribution is 0.0989. The Morgan fingerprint density at radius 1 is 1.04 bits per heavy atom. The van der Waals surface area contributed by atoms with Gasteiger partial charge in [0.1, 0.15) is 5.58 Å². The highest BCUT2D eigenvalue weighted by molar-refractivity contribution is 7.21. The fourth-order valence-corrected chi connectivity index (χ4v) is 4.75. The number of rotatable bonds is 1. The zero-order valence-corrected chi connectivity index (χ0v) is 14.7. The van der Waals surface area contributed by atoms with Gasteiger partial charge in [0, 0.05) is 17.6 Å². The van der Waals surface area contributed by atoms with Crippen molar-refractivity contribution in [2.24, 2.45) is 0 Å². The average Bonchev–Trinajstić information content (AvgIpc) is 3.13. The highest BCUT2D eigenvalue weighted by Gasteiger charge is 2.25. The molecule has 4 aromatic rings. The maximum Gasteiger partial charge on any atom is 0.345 e. The quantitative estimate of drug-likeness (QED) is 0.466. The van der Waals surface area contributed by atoms with Crippen LogP contribution in [0, 0.1) is 0 Å². The predicted octanol–water partition coefficient (Wildman–Crippen LogP) is 4.60. The third-order valence-corrected chi connectivity index (χ3v) is 6.01. The number of amides is 1. The molecule has 0 spiro atoms. The van der Waals surface area contributed by atoms with Gasteiger partial charge in [0.2, 0.25) is 0 Å². The van der Waals surface area contributed by atoms with Crippen LogP contribution in [0.25, 0.3) is 21.1 Å². The van der Waals surface area contributed by atoms with E-state index in [2.05, 4.69) is 6.07 Å². The van der Waals surface area contributed by atoms with Gasteiger partial charge in [-0.05, 0) is 42.7 Å². The molecule has 26 heavy (non-hydrogen) atoms. The summed E-state index contributed by atoms with van der Waals surface area (Å²) in [7, 11) is 0. The lowest BCUT2D eigenvalue weighted by Crippen LogP contribution is -2.34. The fraction of sp³-hybridized carbons (Fsp3) is 0.143. The van der Waals surface area contributed by atoms with Gasteiger partial charge in [0.15, 0.2) is 0 Å². The molecule has 128 valence electrons. The van der Waals surface area contributed by atoms with Crippen molar-refractivity contribution < 1.29 is 9.21 Å². The Balaban J connectivity index is 1.66. The lowest BCUT2D eigenvalue weighted by Gasteiger charge is -2.29. The second-order valence-electron chi connectivity index (χ2n) is 6.43. The number of nitrogens with zero attached hydrogens (tertiary/aromatic N) is 1. The van der Waals surface area contributed by atoms with E-state index in [9.17, 15) is 9.59 Å². The number of para-hydroxylation sites is 2. The normalized spacial score (nSPS) is 13.9. The van der Waals surface area contributed by atoms with Gasteiger partial charge in [0.25, 0.3) is 5.91 Å². The van der Waals surface area contributed by atoms with E-state index < -0.39 is 5.63 Å². The smallest absolute Gasteiger partial charge is 0.345 e. The highest BCUT2D eigenvalue weighted by atomic mass is 32.1. The molecule has 1 amide bonds. The highest BCUT2D eigenvalue weighted by Crippen LogP contribution is 2.33. The van der Waals surface area contributed by atoms with Crippen LogP contribution in [0.1, 0.15) is 21.7 Å². The SMILES string of the molecule is O=C(c1cc2c(=O)oc3ccccc3c2s1)N1CCCc2ccccc21. The first-order valence-corrected chi connectivity index (χ1v) is 9.39. The van der Waals surface area contributed by atoms with E-state index in [0.29, 0.717) is 22.4 Å². The Morgan fingerprint density at radius 3 is 2.77 bits per heavy atom. The topological polar surface area (TPSA) is 50.5 Å². The van der Waals surface area contributed by atoms with Gasteiger partial charge in [-0.25, -0.2) is 4.79 Å². The average molecular weight is 361 g/mol. The summed E-state index contributed by atoms with van der Waals surface area (Å²) in [5, 5.41) is 1.34. The van der Waals surface area contributed by atoms with Crippen LogP contribution in [0.3, 0.4) is 0 Å². The van der Waals surface area contributed by atoms with Crippen molar-refractivity contribution in [1.29, 1.82) is 0 Å². The van der Waals surface area contributed by atoms with Crippen molar-refractivity contribution in [3.8, 4) is 0 Å². The zero-order chi connectivity index (χ0) is 17.7. The molecule has 2 aromatic carbocycles. The number of carbonyl (C=O) groups is 1.